The third-order valence-corrected chi connectivity index (χ3v) is 5.85. The quantitative estimate of drug-likeness (QED) is 0.844. The molecular formula is C18H22N2O3S. The molecule has 2 heterocycles. The molecule has 3 rings (SSSR count). The highest BCUT2D eigenvalue weighted by molar-refractivity contribution is 7.10. The smallest absolute Gasteiger partial charge is 0.255 e. The van der Waals surface area contributed by atoms with Gasteiger partial charge in [-0.15, -0.1) is 11.3 Å². The van der Waals surface area contributed by atoms with Crippen molar-refractivity contribution in [2.24, 2.45) is 0 Å². The Morgan fingerprint density at radius 3 is 2.75 bits per heavy atom. The van der Waals surface area contributed by atoms with Crippen LogP contribution in [0.1, 0.15) is 47.8 Å². The van der Waals surface area contributed by atoms with E-state index in [-0.39, 0.29) is 17.2 Å². The maximum Gasteiger partial charge on any atom is 0.255 e. The van der Waals surface area contributed by atoms with Crippen molar-refractivity contribution in [3.8, 4) is 0 Å². The Hall–Kier alpha value is -2.08. The fraction of sp³-hybridized carbons (Fsp3) is 0.444. The molecule has 0 spiro atoms. The summed E-state index contributed by atoms with van der Waals surface area (Å²) < 4.78 is 4.89. The number of thiophene rings is 1. The predicted molar refractivity (Wildman–Crippen MR) is 93.1 cm³/mol. The summed E-state index contributed by atoms with van der Waals surface area (Å²) in [5, 5.41) is 7.82. The number of nitrogens with one attached hydrogen (secondary N) is 2. The minimum absolute atomic E-state index is 0.0537. The van der Waals surface area contributed by atoms with Crippen LogP contribution >= 0.6 is 11.3 Å². The zero-order valence-corrected chi connectivity index (χ0v) is 14.5. The van der Waals surface area contributed by atoms with Gasteiger partial charge >= 0.3 is 0 Å². The lowest BCUT2D eigenvalue weighted by atomic mass is 9.84. The number of rotatable bonds is 6. The summed E-state index contributed by atoms with van der Waals surface area (Å²) in [4.78, 5) is 25.7. The number of furan rings is 1. The van der Waals surface area contributed by atoms with E-state index in [2.05, 4.69) is 28.1 Å². The average Bonchev–Trinajstić information content (AvgIpc) is 3.35. The molecule has 1 fully saturated rings. The maximum absolute atomic E-state index is 12.4. The van der Waals surface area contributed by atoms with Crippen LogP contribution in [-0.4, -0.2) is 24.4 Å². The van der Waals surface area contributed by atoms with Gasteiger partial charge in [0.2, 0.25) is 5.91 Å². The number of amides is 2. The van der Waals surface area contributed by atoms with E-state index in [0.717, 1.165) is 12.8 Å². The maximum atomic E-state index is 12.4. The standard InChI is InChI=1S/C18H22N2O3S/c1-13(20-17(22)14-6-9-23-11-14)16(21)19-12-18(7-2-3-8-18)15-5-4-10-24-15/h4-6,9-11,13H,2-3,7-8,12H2,1H3,(H,19,21)(H,20,22)/t13-/m1/s1. The van der Waals surface area contributed by atoms with Crippen molar-refractivity contribution in [2.75, 3.05) is 6.54 Å². The Kier molecular flexibility index (Phi) is 5.04. The topological polar surface area (TPSA) is 71.3 Å². The Balaban J connectivity index is 1.57. The Morgan fingerprint density at radius 2 is 2.12 bits per heavy atom. The highest BCUT2D eigenvalue weighted by Gasteiger charge is 2.37. The first kappa shape index (κ1) is 16.8. The zero-order valence-electron chi connectivity index (χ0n) is 13.7. The summed E-state index contributed by atoms with van der Waals surface area (Å²) in [6, 6.07) is 5.21. The van der Waals surface area contributed by atoms with Crippen molar-refractivity contribution in [1.29, 1.82) is 0 Å². The molecule has 1 saturated carbocycles. The van der Waals surface area contributed by atoms with Gasteiger partial charge < -0.3 is 15.1 Å². The van der Waals surface area contributed by atoms with Gasteiger partial charge in [-0.25, -0.2) is 0 Å². The van der Waals surface area contributed by atoms with Gasteiger partial charge in [-0.2, -0.15) is 0 Å². The minimum Gasteiger partial charge on any atom is -0.472 e. The van der Waals surface area contributed by atoms with E-state index in [0.29, 0.717) is 12.1 Å². The molecule has 0 unspecified atom stereocenters. The molecule has 1 atom stereocenters. The van der Waals surface area contributed by atoms with Crippen LogP contribution in [-0.2, 0) is 10.2 Å². The molecule has 1 aliphatic rings. The normalized spacial score (nSPS) is 17.4. The zero-order chi connectivity index (χ0) is 17.0. The van der Waals surface area contributed by atoms with Crippen LogP contribution in [0.2, 0.25) is 0 Å². The lowest BCUT2D eigenvalue weighted by Gasteiger charge is -2.29. The molecule has 0 radical (unpaired) electrons. The van der Waals surface area contributed by atoms with Crippen LogP contribution < -0.4 is 10.6 Å². The first-order chi connectivity index (χ1) is 11.6. The fourth-order valence-corrected chi connectivity index (χ4v) is 4.28. The van der Waals surface area contributed by atoms with Gasteiger partial charge in [-0.1, -0.05) is 18.9 Å². The summed E-state index contributed by atoms with van der Waals surface area (Å²) in [7, 11) is 0. The SMILES string of the molecule is C[C@@H](NC(=O)c1ccoc1)C(=O)NCC1(c2cccs2)CCCC1. The summed E-state index contributed by atoms with van der Waals surface area (Å²) in [5.74, 6) is -0.463. The highest BCUT2D eigenvalue weighted by Crippen LogP contribution is 2.42. The Bertz CT molecular complexity index is 673. The lowest BCUT2D eigenvalue weighted by molar-refractivity contribution is -0.122. The number of hydrogen-bond donors (Lipinski definition) is 2. The largest absolute Gasteiger partial charge is 0.472 e. The second-order valence-corrected chi connectivity index (χ2v) is 7.34. The minimum atomic E-state index is -0.589. The van der Waals surface area contributed by atoms with Gasteiger partial charge in [0, 0.05) is 16.8 Å². The van der Waals surface area contributed by atoms with Crippen LogP contribution in [0.3, 0.4) is 0 Å². The summed E-state index contributed by atoms with van der Waals surface area (Å²) in [6.45, 7) is 2.32. The monoisotopic (exact) mass is 346 g/mol. The van der Waals surface area contributed by atoms with Crippen molar-refractivity contribution in [3.05, 3.63) is 46.5 Å². The number of hydrogen-bond acceptors (Lipinski definition) is 4. The van der Waals surface area contributed by atoms with Gasteiger partial charge in [0.25, 0.3) is 5.91 Å². The Morgan fingerprint density at radius 1 is 1.33 bits per heavy atom. The lowest BCUT2D eigenvalue weighted by Crippen LogP contribution is -2.48. The first-order valence-electron chi connectivity index (χ1n) is 8.25. The van der Waals surface area contributed by atoms with Crippen molar-refractivity contribution in [1.82, 2.24) is 10.6 Å². The van der Waals surface area contributed by atoms with Crippen molar-refractivity contribution >= 4 is 23.2 Å². The molecule has 2 amide bonds. The van der Waals surface area contributed by atoms with E-state index in [1.165, 1.54) is 30.2 Å². The molecule has 2 aromatic heterocycles. The van der Waals surface area contributed by atoms with Gasteiger partial charge in [-0.3, -0.25) is 9.59 Å². The molecule has 24 heavy (non-hydrogen) atoms. The predicted octanol–water partition coefficient (Wildman–Crippen LogP) is 3.09. The van der Waals surface area contributed by atoms with Gasteiger partial charge in [0.15, 0.2) is 0 Å². The molecule has 2 aromatic rings. The molecule has 1 aliphatic carbocycles. The summed E-state index contributed by atoms with van der Waals surface area (Å²) in [5.41, 5.74) is 0.471. The molecule has 0 saturated heterocycles. The van der Waals surface area contributed by atoms with Crippen molar-refractivity contribution in [3.63, 3.8) is 0 Å². The van der Waals surface area contributed by atoms with E-state index in [4.69, 9.17) is 4.42 Å². The van der Waals surface area contributed by atoms with E-state index >= 15 is 0 Å². The molecule has 0 aliphatic heterocycles. The Labute approximate surface area is 145 Å². The van der Waals surface area contributed by atoms with E-state index in [9.17, 15) is 9.59 Å². The van der Waals surface area contributed by atoms with E-state index in [1.54, 1.807) is 24.3 Å². The molecule has 128 valence electrons. The van der Waals surface area contributed by atoms with Gasteiger partial charge in [0.1, 0.15) is 12.3 Å². The number of carbonyl (C=O) groups excluding carboxylic acids is 2. The third kappa shape index (κ3) is 3.53. The first-order valence-corrected chi connectivity index (χ1v) is 9.13. The van der Waals surface area contributed by atoms with Crippen LogP contribution in [0.4, 0.5) is 0 Å². The van der Waals surface area contributed by atoms with E-state index < -0.39 is 6.04 Å². The highest BCUT2D eigenvalue weighted by atomic mass is 32.1. The van der Waals surface area contributed by atoms with Gasteiger partial charge in [-0.05, 0) is 37.3 Å². The van der Waals surface area contributed by atoms with Crippen LogP contribution in [0.15, 0.2) is 40.5 Å². The summed E-state index contributed by atoms with van der Waals surface area (Å²) >= 11 is 1.76. The molecular weight excluding hydrogens is 324 g/mol. The third-order valence-electron chi connectivity index (χ3n) is 4.73. The van der Waals surface area contributed by atoms with Crippen molar-refractivity contribution in [2.45, 2.75) is 44.1 Å². The second kappa shape index (κ2) is 7.21. The van der Waals surface area contributed by atoms with Crippen molar-refractivity contribution < 1.29 is 14.0 Å². The molecule has 6 heteroatoms. The molecule has 0 aromatic carbocycles. The molecule has 0 bridgehead atoms. The van der Waals surface area contributed by atoms with Gasteiger partial charge in [0.05, 0.1) is 11.8 Å². The summed E-state index contributed by atoms with van der Waals surface area (Å²) in [6.07, 6.45) is 7.39. The van der Waals surface area contributed by atoms with Crippen LogP contribution in [0, 0.1) is 0 Å². The molecule has 5 nitrogen and oxygen atoms in total. The fourth-order valence-electron chi connectivity index (χ4n) is 3.29. The molecule has 2 N–H and O–H groups in total. The van der Waals surface area contributed by atoms with Crippen LogP contribution in [0.5, 0.6) is 0 Å². The average molecular weight is 346 g/mol. The number of carbonyl (C=O) groups is 2. The van der Waals surface area contributed by atoms with E-state index in [1.807, 2.05) is 0 Å². The second-order valence-electron chi connectivity index (χ2n) is 6.39. The van der Waals surface area contributed by atoms with Crippen LogP contribution in [0.25, 0.3) is 0 Å².